The molecular formula is C15H20N4O2. The summed E-state index contributed by atoms with van der Waals surface area (Å²) in [7, 11) is 3.52. The quantitative estimate of drug-likeness (QED) is 0.887. The highest BCUT2D eigenvalue weighted by Crippen LogP contribution is 2.30. The highest BCUT2D eigenvalue weighted by molar-refractivity contribution is 5.89. The lowest BCUT2D eigenvalue weighted by Gasteiger charge is -2.18. The van der Waals surface area contributed by atoms with Crippen LogP contribution in [0.3, 0.4) is 0 Å². The minimum Gasteiger partial charge on any atom is -0.495 e. The zero-order valence-corrected chi connectivity index (χ0v) is 12.7. The van der Waals surface area contributed by atoms with E-state index >= 15 is 0 Å². The van der Waals surface area contributed by atoms with Gasteiger partial charge in [-0.3, -0.25) is 9.48 Å². The van der Waals surface area contributed by atoms with Crippen LogP contribution in [0.1, 0.15) is 25.6 Å². The van der Waals surface area contributed by atoms with Gasteiger partial charge in [0, 0.05) is 25.9 Å². The second-order valence-corrected chi connectivity index (χ2v) is 4.84. The fourth-order valence-electron chi connectivity index (χ4n) is 2.22. The highest BCUT2D eigenvalue weighted by Gasteiger charge is 2.12. The van der Waals surface area contributed by atoms with E-state index in [-0.39, 0.29) is 11.9 Å². The molecule has 0 bridgehead atoms. The average Bonchev–Trinajstić information content (AvgIpc) is 2.84. The Kier molecular flexibility index (Phi) is 4.47. The summed E-state index contributed by atoms with van der Waals surface area (Å²) in [5, 5.41) is 10.3. The van der Waals surface area contributed by atoms with Crippen molar-refractivity contribution in [3.8, 4) is 5.75 Å². The standard InChI is InChI=1S/C15H20N4O2/c1-10(14-7-8-16-19(14)3)17-13-9-12(18-11(2)20)5-6-15(13)21-4/h5-10,17H,1-4H3,(H,18,20). The molecule has 0 saturated carbocycles. The van der Waals surface area contributed by atoms with Gasteiger partial charge in [-0.25, -0.2) is 0 Å². The summed E-state index contributed by atoms with van der Waals surface area (Å²) in [6, 6.07) is 7.50. The maximum Gasteiger partial charge on any atom is 0.221 e. The molecule has 1 aromatic heterocycles. The minimum atomic E-state index is -0.106. The first-order valence-electron chi connectivity index (χ1n) is 6.71. The number of carbonyl (C=O) groups excluding carboxylic acids is 1. The molecule has 2 aromatic rings. The first kappa shape index (κ1) is 14.9. The molecule has 0 aliphatic heterocycles. The summed E-state index contributed by atoms with van der Waals surface area (Å²) in [4.78, 5) is 11.2. The zero-order chi connectivity index (χ0) is 15.4. The third-order valence-electron chi connectivity index (χ3n) is 3.19. The van der Waals surface area contributed by atoms with Gasteiger partial charge in [0.25, 0.3) is 0 Å². The summed E-state index contributed by atoms with van der Waals surface area (Å²) >= 11 is 0. The molecule has 0 fully saturated rings. The van der Waals surface area contributed by atoms with Gasteiger partial charge in [0.2, 0.25) is 5.91 Å². The van der Waals surface area contributed by atoms with Crippen LogP contribution in [0.4, 0.5) is 11.4 Å². The number of carbonyl (C=O) groups is 1. The van der Waals surface area contributed by atoms with Crippen LogP contribution in [-0.4, -0.2) is 22.8 Å². The van der Waals surface area contributed by atoms with Crippen LogP contribution < -0.4 is 15.4 Å². The van der Waals surface area contributed by atoms with Crippen molar-refractivity contribution in [2.75, 3.05) is 17.7 Å². The molecule has 0 radical (unpaired) electrons. The van der Waals surface area contributed by atoms with E-state index in [1.165, 1.54) is 6.92 Å². The molecule has 1 heterocycles. The first-order valence-corrected chi connectivity index (χ1v) is 6.71. The molecule has 2 rings (SSSR count). The number of nitrogens with zero attached hydrogens (tertiary/aromatic N) is 2. The van der Waals surface area contributed by atoms with Gasteiger partial charge in [-0.1, -0.05) is 0 Å². The van der Waals surface area contributed by atoms with Gasteiger partial charge >= 0.3 is 0 Å². The van der Waals surface area contributed by atoms with E-state index in [2.05, 4.69) is 15.7 Å². The topological polar surface area (TPSA) is 68.2 Å². The Hall–Kier alpha value is -2.50. The normalized spacial score (nSPS) is 11.8. The van der Waals surface area contributed by atoms with Crippen LogP contribution in [0.15, 0.2) is 30.5 Å². The number of aromatic nitrogens is 2. The molecule has 2 N–H and O–H groups in total. The van der Waals surface area contributed by atoms with E-state index in [4.69, 9.17) is 4.74 Å². The third kappa shape index (κ3) is 3.53. The van der Waals surface area contributed by atoms with Crippen molar-refractivity contribution in [1.29, 1.82) is 0 Å². The second kappa shape index (κ2) is 6.30. The van der Waals surface area contributed by atoms with E-state index in [9.17, 15) is 4.79 Å². The van der Waals surface area contributed by atoms with Crippen LogP contribution in [0, 0.1) is 0 Å². The number of amides is 1. The Morgan fingerprint density at radius 1 is 1.38 bits per heavy atom. The fraction of sp³-hybridized carbons (Fsp3) is 0.333. The van der Waals surface area contributed by atoms with Crippen molar-refractivity contribution in [2.45, 2.75) is 19.9 Å². The molecule has 0 aliphatic rings. The maximum absolute atomic E-state index is 11.2. The molecule has 21 heavy (non-hydrogen) atoms. The molecule has 6 heteroatoms. The first-order chi connectivity index (χ1) is 10.0. The zero-order valence-electron chi connectivity index (χ0n) is 12.7. The van der Waals surface area contributed by atoms with Crippen LogP contribution in [-0.2, 0) is 11.8 Å². The van der Waals surface area contributed by atoms with Crippen LogP contribution in [0.25, 0.3) is 0 Å². The van der Waals surface area contributed by atoms with Crippen LogP contribution in [0.5, 0.6) is 5.75 Å². The molecular weight excluding hydrogens is 268 g/mol. The second-order valence-electron chi connectivity index (χ2n) is 4.84. The Balaban J connectivity index is 2.24. The third-order valence-corrected chi connectivity index (χ3v) is 3.19. The Labute approximate surface area is 124 Å². The number of hydrogen-bond donors (Lipinski definition) is 2. The van der Waals surface area contributed by atoms with Gasteiger partial charge in [-0.05, 0) is 31.2 Å². The van der Waals surface area contributed by atoms with Gasteiger partial charge in [-0.2, -0.15) is 5.10 Å². The summed E-state index contributed by atoms with van der Waals surface area (Å²) in [6.45, 7) is 3.52. The molecule has 1 atom stereocenters. The lowest BCUT2D eigenvalue weighted by atomic mass is 10.2. The number of rotatable bonds is 5. The summed E-state index contributed by atoms with van der Waals surface area (Å²) in [5.74, 6) is 0.615. The van der Waals surface area contributed by atoms with Crippen molar-refractivity contribution in [3.05, 3.63) is 36.2 Å². The highest BCUT2D eigenvalue weighted by atomic mass is 16.5. The monoisotopic (exact) mass is 288 g/mol. The van der Waals surface area contributed by atoms with E-state index in [0.29, 0.717) is 0 Å². The largest absolute Gasteiger partial charge is 0.495 e. The number of hydrogen-bond acceptors (Lipinski definition) is 4. The predicted octanol–water partition coefficient (Wildman–Crippen LogP) is 2.56. The average molecular weight is 288 g/mol. The van der Waals surface area contributed by atoms with Crippen molar-refractivity contribution in [1.82, 2.24) is 9.78 Å². The van der Waals surface area contributed by atoms with Gasteiger partial charge in [0.05, 0.1) is 24.5 Å². The summed E-state index contributed by atoms with van der Waals surface area (Å²) < 4.78 is 7.18. The molecule has 0 spiro atoms. The molecule has 0 aliphatic carbocycles. The molecule has 6 nitrogen and oxygen atoms in total. The van der Waals surface area contributed by atoms with Crippen LogP contribution >= 0.6 is 0 Å². The smallest absolute Gasteiger partial charge is 0.221 e. The van der Waals surface area contributed by atoms with Gasteiger partial charge in [0.15, 0.2) is 0 Å². The predicted molar refractivity (Wildman–Crippen MR) is 82.5 cm³/mol. The Morgan fingerprint density at radius 2 is 2.14 bits per heavy atom. The molecule has 112 valence electrons. The number of ether oxygens (including phenoxy) is 1. The van der Waals surface area contributed by atoms with E-state index < -0.39 is 0 Å². The van der Waals surface area contributed by atoms with Crippen molar-refractivity contribution < 1.29 is 9.53 Å². The number of anilines is 2. The van der Waals surface area contributed by atoms with Gasteiger partial charge in [-0.15, -0.1) is 0 Å². The van der Waals surface area contributed by atoms with E-state index in [0.717, 1.165) is 22.8 Å². The maximum atomic E-state index is 11.2. The van der Waals surface area contributed by atoms with E-state index in [1.807, 2.05) is 36.9 Å². The summed E-state index contributed by atoms with van der Waals surface area (Å²) in [5.41, 5.74) is 2.60. The van der Waals surface area contributed by atoms with Crippen LogP contribution in [0.2, 0.25) is 0 Å². The lowest BCUT2D eigenvalue weighted by Crippen LogP contribution is -2.12. The number of nitrogens with one attached hydrogen (secondary N) is 2. The van der Waals surface area contributed by atoms with Crippen molar-refractivity contribution >= 4 is 17.3 Å². The van der Waals surface area contributed by atoms with Crippen molar-refractivity contribution in [2.24, 2.45) is 7.05 Å². The Morgan fingerprint density at radius 3 is 2.71 bits per heavy atom. The Bertz CT molecular complexity index is 636. The molecule has 1 aromatic carbocycles. The van der Waals surface area contributed by atoms with Gasteiger partial charge in [0.1, 0.15) is 5.75 Å². The SMILES string of the molecule is COc1ccc(NC(C)=O)cc1NC(C)c1ccnn1C. The number of methoxy groups -OCH3 is 1. The fourth-order valence-corrected chi connectivity index (χ4v) is 2.22. The van der Waals surface area contributed by atoms with E-state index in [1.54, 1.807) is 19.4 Å². The van der Waals surface area contributed by atoms with Crippen molar-refractivity contribution in [3.63, 3.8) is 0 Å². The molecule has 1 amide bonds. The minimum absolute atomic E-state index is 0.0546. The summed E-state index contributed by atoms with van der Waals surface area (Å²) in [6.07, 6.45) is 1.76. The lowest BCUT2D eigenvalue weighted by molar-refractivity contribution is -0.114. The molecule has 1 unspecified atom stereocenters. The molecule has 0 saturated heterocycles. The van der Waals surface area contributed by atoms with Gasteiger partial charge < -0.3 is 15.4 Å². The number of benzene rings is 1. The number of aryl methyl sites for hydroxylation is 1.